The van der Waals surface area contributed by atoms with Gasteiger partial charge in [-0.25, -0.2) is 0 Å². The van der Waals surface area contributed by atoms with Crippen molar-refractivity contribution in [3.63, 3.8) is 0 Å². The largest absolute Gasteiger partial charge is 0.456 e. The van der Waals surface area contributed by atoms with Gasteiger partial charge in [-0.05, 0) is 47.7 Å². The Morgan fingerprint density at radius 1 is 1.07 bits per heavy atom. The molecule has 2 aliphatic heterocycles. The number of pyridine rings is 1. The van der Waals surface area contributed by atoms with E-state index in [0.29, 0.717) is 43.4 Å². The third kappa shape index (κ3) is 7.19. The second-order valence-corrected chi connectivity index (χ2v) is 10.8. The molecule has 2 aromatic carbocycles. The molecule has 3 heterocycles. The minimum Gasteiger partial charge on any atom is -0.456 e. The molecule has 1 saturated heterocycles. The number of carbonyl (C=O) groups is 2. The van der Waals surface area contributed by atoms with Crippen molar-refractivity contribution in [1.82, 2.24) is 20.1 Å². The van der Waals surface area contributed by atoms with Crippen molar-refractivity contribution in [3.05, 3.63) is 83.7 Å². The zero-order chi connectivity index (χ0) is 27.9. The van der Waals surface area contributed by atoms with Gasteiger partial charge in [-0.15, -0.1) is 11.8 Å². The van der Waals surface area contributed by atoms with Crippen LogP contribution in [0.1, 0.15) is 21.5 Å². The fourth-order valence-corrected chi connectivity index (χ4v) is 5.38. The van der Waals surface area contributed by atoms with Crippen LogP contribution >= 0.6 is 11.8 Å². The molecule has 0 unspecified atom stereocenters. The number of ether oxygens (including phenoxy) is 3. The third-order valence-electron chi connectivity index (χ3n) is 7.00. The molecular weight excluding hydrogens is 528 g/mol. The van der Waals surface area contributed by atoms with E-state index in [9.17, 15) is 9.59 Å². The lowest BCUT2D eigenvalue weighted by atomic mass is 10.2. The average molecular weight is 563 g/mol. The van der Waals surface area contributed by atoms with Gasteiger partial charge in [-0.2, -0.15) is 0 Å². The van der Waals surface area contributed by atoms with Crippen molar-refractivity contribution in [3.8, 4) is 11.5 Å². The van der Waals surface area contributed by atoms with Crippen molar-refractivity contribution in [2.75, 3.05) is 46.2 Å². The first kappa shape index (κ1) is 28.1. The van der Waals surface area contributed by atoms with E-state index in [1.807, 2.05) is 24.3 Å². The van der Waals surface area contributed by atoms with Crippen molar-refractivity contribution < 1.29 is 23.8 Å². The molecule has 0 aliphatic carbocycles. The number of nitrogens with one attached hydrogen (secondary N) is 1. The molecule has 40 heavy (non-hydrogen) atoms. The third-order valence-corrected chi connectivity index (χ3v) is 7.74. The maximum atomic E-state index is 13.4. The molecular formula is C30H34N4O5S. The lowest BCUT2D eigenvalue weighted by molar-refractivity contribution is -0.123. The molecule has 9 nitrogen and oxygen atoms in total. The first-order valence-corrected chi connectivity index (χ1v) is 14.5. The van der Waals surface area contributed by atoms with Crippen molar-refractivity contribution in [2.24, 2.45) is 0 Å². The molecule has 2 aliphatic rings. The highest BCUT2D eigenvalue weighted by Crippen LogP contribution is 2.25. The van der Waals surface area contributed by atoms with Crippen LogP contribution in [0, 0.1) is 0 Å². The van der Waals surface area contributed by atoms with Crippen molar-refractivity contribution in [2.45, 2.75) is 30.2 Å². The smallest absolute Gasteiger partial charge is 0.256 e. The number of hydrogen-bond donors (Lipinski definition) is 1. The Kier molecular flexibility index (Phi) is 9.33. The molecule has 0 spiro atoms. The van der Waals surface area contributed by atoms with Gasteiger partial charge in [0.1, 0.15) is 11.5 Å². The minimum absolute atomic E-state index is 0.105. The van der Waals surface area contributed by atoms with Crippen molar-refractivity contribution in [1.29, 1.82) is 0 Å². The topological polar surface area (TPSA) is 93.2 Å². The van der Waals surface area contributed by atoms with Crippen LogP contribution in [0.15, 0.2) is 71.9 Å². The summed E-state index contributed by atoms with van der Waals surface area (Å²) in [6, 6.07) is 17.6. The summed E-state index contributed by atoms with van der Waals surface area (Å²) in [6.45, 7) is 2.90. The summed E-state index contributed by atoms with van der Waals surface area (Å²) in [4.78, 5) is 35.9. The molecule has 2 amide bonds. The molecule has 210 valence electrons. The van der Waals surface area contributed by atoms with Crippen LogP contribution < -0.4 is 10.1 Å². The van der Waals surface area contributed by atoms with E-state index in [0.717, 1.165) is 12.1 Å². The number of aromatic nitrogens is 1. The normalized spacial score (nSPS) is 20.1. The Hall–Kier alpha value is -3.44. The van der Waals surface area contributed by atoms with E-state index in [2.05, 4.69) is 45.7 Å². The summed E-state index contributed by atoms with van der Waals surface area (Å²) >= 11 is 1.72. The van der Waals surface area contributed by atoms with Gasteiger partial charge >= 0.3 is 0 Å². The summed E-state index contributed by atoms with van der Waals surface area (Å²) in [7, 11) is 1.56. The molecule has 4 bridgehead atoms. The fourth-order valence-electron chi connectivity index (χ4n) is 4.97. The maximum Gasteiger partial charge on any atom is 0.256 e. The Balaban J connectivity index is 1.39. The Morgan fingerprint density at radius 3 is 2.73 bits per heavy atom. The van der Waals surface area contributed by atoms with Crippen LogP contribution in [0.5, 0.6) is 11.5 Å². The van der Waals surface area contributed by atoms with Gasteiger partial charge in [0.05, 0.1) is 43.7 Å². The van der Waals surface area contributed by atoms with Crippen LogP contribution in [-0.4, -0.2) is 84.9 Å². The second kappa shape index (κ2) is 13.3. The first-order chi connectivity index (χ1) is 19.5. The highest BCUT2D eigenvalue weighted by molar-refractivity contribution is 7.98. The van der Waals surface area contributed by atoms with Gasteiger partial charge < -0.3 is 24.4 Å². The number of thioether (sulfide) groups is 1. The van der Waals surface area contributed by atoms with Crippen molar-refractivity contribution >= 4 is 23.6 Å². The van der Waals surface area contributed by atoms with Gasteiger partial charge in [0, 0.05) is 44.4 Å². The van der Waals surface area contributed by atoms with Crippen LogP contribution in [-0.2, 0) is 27.4 Å². The molecule has 0 radical (unpaired) electrons. The molecule has 3 aromatic rings. The highest BCUT2D eigenvalue weighted by atomic mass is 32.2. The van der Waals surface area contributed by atoms with Crippen LogP contribution in [0.3, 0.4) is 0 Å². The number of hydrogen-bond acceptors (Lipinski definition) is 8. The van der Waals surface area contributed by atoms with E-state index in [4.69, 9.17) is 14.2 Å². The van der Waals surface area contributed by atoms with E-state index in [1.165, 1.54) is 21.6 Å². The van der Waals surface area contributed by atoms with Crippen LogP contribution in [0.2, 0.25) is 0 Å². The molecule has 2 atom stereocenters. The zero-order valence-corrected chi connectivity index (χ0v) is 23.6. The van der Waals surface area contributed by atoms with Gasteiger partial charge in [0.25, 0.3) is 5.91 Å². The summed E-state index contributed by atoms with van der Waals surface area (Å²) in [5.74, 6) is 0.496. The van der Waals surface area contributed by atoms with E-state index in [-0.39, 0.29) is 37.0 Å². The number of rotatable bonds is 6. The van der Waals surface area contributed by atoms with E-state index >= 15 is 0 Å². The quantitative estimate of drug-likeness (QED) is 0.456. The summed E-state index contributed by atoms with van der Waals surface area (Å²) in [5, 5.41) is 3.15. The van der Waals surface area contributed by atoms with Crippen LogP contribution in [0.4, 0.5) is 0 Å². The van der Waals surface area contributed by atoms with Crippen LogP contribution in [0.25, 0.3) is 0 Å². The first-order valence-electron chi connectivity index (χ1n) is 13.3. The lowest BCUT2D eigenvalue weighted by Gasteiger charge is -2.25. The predicted octanol–water partition coefficient (Wildman–Crippen LogP) is 3.58. The predicted molar refractivity (Wildman–Crippen MR) is 153 cm³/mol. The highest BCUT2D eigenvalue weighted by Gasteiger charge is 2.35. The summed E-state index contributed by atoms with van der Waals surface area (Å²) < 4.78 is 17.6. The van der Waals surface area contributed by atoms with Gasteiger partial charge in [0.15, 0.2) is 0 Å². The molecule has 5 rings (SSSR count). The molecule has 10 heteroatoms. The van der Waals surface area contributed by atoms with Gasteiger partial charge in [0.2, 0.25) is 5.91 Å². The number of fused-ring (bicyclic) bond motifs is 5. The number of amides is 2. The molecule has 1 aromatic heterocycles. The Bertz CT molecular complexity index is 1320. The lowest BCUT2D eigenvalue weighted by Crippen LogP contribution is -2.49. The summed E-state index contributed by atoms with van der Waals surface area (Å²) in [5.41, 5.74) is 2.50. The summed E-state index contributed by atoms with van der Waals surface area (Å²) in [6.07, 6.45) is 4.89. The van der Waals surface area contributed by atoms with Gasteiger partial charge in [-0.3, -0.25) is 19.5 Å². The van der Waals surface area contributed by atoms with E-state index in [1.54, 1.807) is 31.1 Å². The SMILES string of the molecule is COCCN1CC(=O)N[C@H]2CN(Cc3ccc(SC)cc3)C[C@@H]2OCc2cccc(c2)Oc2cncc(c2)C1=O. The number of nitrogens with zero attached hydrogens (tertiary/aromatic N) is 3. The Labute approximate surface area is 238 Å². The Morgan fingerprint density at radius 2 is 1.93 bits per heavy atom. The monoisotopic (exact) mass is 562 g/mol. The second-order valence-electron chi connectivity index (χ2n) is 9.94. The van der Waals surface area contributed by atoms with Gasteiger partial charge in [-0.1, -0.05) is 24.3 Å². The average Bonchev–Trinajstić information content (AvgIpc) is 3.34. The maximum absolute atomic E-state index is 13.4. The standard InChI is InChI=1S/C30H34N4O5S/c1-37-11-10-34-19-29(35)32-27-17-33(16-21-6-8-26(40-2)9-7-21)18-28(27)38-20-22-4-3-5-24(12-22)39-25-13-23(30(34)36)14-31-15-25/h3-9,12-15,27-28H,10-11,16-20H2,1-2H3,(H,32,35)/t27-,28-/m0/s1. The minimum atomic E-state index is -0.319. The van der Waals surface area contributed by atoms with E-state index < -0.39 is 0 Å². The molecule has 1 N–H and O–H groups in total. The molecule has 0 saturated carbocycles. The zero-order valence-electron chi connectivity index (χ0n) is 22.7. The number of carbonyl (C=O) groups excluding carboxylic acids is 2. The number of likely N-dealkylation sites (tertiary alicyclic amines) is 1. The number of benzene rings is 2. The molecule has 1 fully saturated rings. The number of methoxy groups -OCH3 is 1. The fraction of sp³-hybridized carbons (Fsp3) is 0.367.